The standard InChI is InChI=1S/C23H30N4O2.ClH/c1-15-8-10-17(11-9-15)25-22(29)26-19-7-5-6-16-14-27(13-12-18(16)19)21(28)20(24)23(2,3)4;/h5-11,20H,12-14,24H2,1-4H3,(H2,25,26,29);1H/t20-;/m1./s1. The number of carbonyl (C=O) groups excluding carboxylic acids is 2. The molecule has 162 valence electrons. The molecule has 30 heavy (non-hydrogen) atoms. The lowest BCUT2D eigenvalue weighted by Gasteiger charge is -2.35. The van der Waals surface area contributed by atoms with Crippen molar-refractivity contribution in [2.75, 3.05) is 17.2 Å². The minimum Gasteiger partial charge on any atom is -0.337 e. The van der Waals surface area contributed by atoms with Crippen LogP contribution in [0.3, 0.4) is 0 Å². The van der Waals surface area contributed by atoms with E-state index in [1.54, 1.807) is 0 Å². The number of anilines is 2. The lowest BCUT2D eigenvalue weighted by atomic mass is 9.86. The van der Waals surface area contributed by atoms with E-state index < -0.39 is 6.04 Å². The Morgan fingerprint density at radius 2 is 1.73 bits per heavy atom. The van der Waals surface area contributed by atoms with Crippen molar-refractivity contribution < 1.29 is 9.59 Å². The van der Waals surface area contributed by atoms with Gasteiger partial charge in [-0.15, -0.1) is 12.4 Å². The van der Waals surface area contributed by atoms with E-state index >= 15 is 0 Å². The summed E-state index contributed by atoms with van der Waals surface area (Å²) in [6, 6.07) is 12.6. The molecular formula is C23H31ClN4O2. The fourth-order valence-corrected chi connectivity index (χ4v) is 3.40. The smallest absolute Gasteiger partial charge is 0.323 e. The van der Waals surface area contributed by atoms with Crippen molar-refractivity contribution in [3.8, 4) is 0 Å². The predicted octanol–water partition coefficient (Wildman–Crippen LogP) is 4.32. The molecule has 7 heteroatoms. The van der Waals surface area contributed by atoms with Crippen LogP contribution in [0.4, 0.5) is 16.2 Å². The third kappa shape index (κ3) is 5.52. The van der Waals surface area contributed by atoms with Gasteiger partial charge in [-0.05, 0) is 48.1 Å². The summed E-state index contributed by atoms with van der Waals surface area (Å²) in [4.78, 5) is 27.0. The summed E-state index contributed by atoms with van der Waals surface area (Å²) in [6.07, 6.45) is 0.679. The molecule has 0 fully saturated rings. The summed E-state index contributed by atoms with van der Waals surface area (Å²) < 4.78 is 0. The number of rotatable bonds is 3. The molecule has 6 nitrogen and oxygen atoms in total. The first-order valence-electron chi connectivity index (χ1n) is 9.95. The molecule has 0 unspecified atom stereocenters. The van der Waals surface area contributed by atoms with Crippen molar-refractivity contribution in [2.24, 2.45) is 11.1 Å². The number of nitrogens with zero attached hydrogens (tertiary/aromatic N) is 1. The largest absolute Gasteiger partial charge is 0.337 e. The molecule has 2 aromatic carbocycles. The first-order valence-corrected chi connectivity index (χ1v) is 9.95. The molecule has 3 rings (SSSR count). The molecule has 0 aliphatic carbocycles. The van der Waals surface area contributed by atoms with Crippen LogP contribution >= 0.6 is 12.4 Å². The Balaban J connectivity index is 0.00000320. The first kappa shape index (κ1) is 23.7. The predicted molar refractivity (Wildman–Crippen MR) is 124 cm³/mol. The lowest BCUT2D eigenvalue weighted by Crippen LogP contribution is -2.51. The number of amides is 3. The maximum Gasteiger partial charge on any atom is 0.323 e. The van der Waals surface area contributed by atoms with Gasteiger partial charge in [-0.3, -0.25) is 4.79 Å². The monoisotopic (exact) mass is 430 g/mol. The SMILES string of the molecule is Cc1ccc(NC(=O)Nc2cccc3c2CCN(C(=O)[C@@H](N)C(C)(C)C)C3)cc1.Cl. The second-order valence-corrected chi connectivity index (χ2v) is 8.74. The van der Waals surface area contributed by atoms with E-state index in [1.165, 1.54) is 0 Å². The van der Waals surface area contributed by atoms with Gasteiger partial charge in [0.1, 0.15) is 0 Å². The highest BCUT2D eigenvalue weighted by Gasteiger charge is 2.33. The van der Waals surface area contributed by atoms with Crippen LogP contribution in [0.15, 0.2) is 42.5 Å². The minimum absolute atomic E-state index is 0. The Labute approximate surface area is 184 Å². The van der Waals surface area contributed by atoms with E-state index in [9.17, 15) is 9.59 Å². The maximum atomic E-state index is 12.8. The summed E-state index contributed by atoms with van der Waals surface area (Å²) in [5.41, 5.74) is 10.7. The Kier molecular flexibility index (Phi) is 7.50. The number of halogens is 1. The number of benzene rings is 2. The van der Waals surface area contributed by atoms with Crippen LogP contribution in [0.5, 0.6) is 0 Å². The second-order valence-electron chi connectivity index (χ2n) is 8.74. The first-order chi connectivity index (χ1) is 13.6. The quantitative estimate of drug-likeness (QED) is 0.677. The molecule has 0 spiro atoms. The van der Waals surface area contributed by atoms with Gasteiger partial charge in [-0.25, -0.2) is 4.79 Å². The van der Waals surface area contributed by atoms with E-state index in [4.69, 9.17) is 5.73 Å². The van der Waals surface area contributed by atoms with Gasteiger partial charge in [-0.2, -0.15) is 0 Å². The fraction of sp³-hybridized carbons (Fsp3) is 0.391. The normalized spacial score (nSPS) is 14.2. The number of aryl methyl sites for hydroxylation is 1. The van der Waals surface area contributed by atoms with E-state index in [0.29, 0.717) is 19.5 Å². The van der Waals surface area contributed by atoms with Crippen LogP contribution in [0.1, 0.15) is 37.5 Å². The Morgan fingerprint density at radius 3 is 2.37 bits per heavy atom. The summed E-state index contributed by atoms with van der Waals surface area (Å²) in [5, 5.41) is 5.80. The maximum absolute atomic E-state index is 12.8. The van der Waals surface area contributed by atoms with Crippen molar-refractivity contribution in [1.82, 2.24) is 4.90 Å². The molecular weight excluding hydrogens is 400 g/mol. The number of nitrogens with one attached hydrogen (secondary N) is 2. The van der Waals surface area contributed by atoms with Gasteiger partial charge < -0.3 is 21.3 Å². The van der Waals surface area contributed by atoms with Crippen molar-refractivity contribution in [3.05, 3.63) is 59.2 Å². The zero-order valence-electron chi connectivity index (χ0n) is 18.0. The fourth-order valence-electron chi connectivity index (χ4n) is 3.40. The molecule has 0 aromatic heterocycles. The molecule has 3 amide bonds. The zero-order valence-corrected chi connectivity index (χ0v) is 18.8. The van der Waals surface area contributed by atoms with Crippen molar-refractivity contribution in [1.29, 1.82) is 0 Å². The number of urea groups is 1. The van der Waals surface area contributed by atoms with Gasteiger partial charge in [0.15, 0.2) is 0 Å². The van der Waals surface area contributed by atoms with Crippen LogP contribution in [0.2, 0.25) is 0 Å². The van der Waals surface area contributed by atoms with Gasteiger partial charge in [0, 0.05) is 24.5 Å². The Hall–Kier alpha value is -2.57. The molecule has 1 aliphatic rings. The number of hydrogen-bond donors (Lipinski definition) is 3. The van der Waals surface area contributed by atoms with E-state index in [-0.39, 0.29) is 29.8 Å². The number of hydrogen-bond acceptors (Lipinski definition) is 3. The molecule has 1 aliphatic heterocycles. The highest BCUT2D eigenvalue weighted by atomic mass is 35.5. The van der Waals surface area contributed by atoms with Crippen LogP contribution in [-0.4, -0.2) is 29.4 Å². The number of fused-ring (bicyclic) bond motifs is 1. The van der Waals surface area contributed by atoms with Gasteiger partial charge in [0.2, 0.25) is 5.91 Å². The van der Waals surface area contributed by atoms with E-state index in [1.807, 2.05) is 75.1 Å². The van der Waals surface area contributed by atoms with Crippen molar-refractivity contribution in [3.63, 3.8) is 0 Å². The molecule has 1 atom stereocenters. The molecule has 2 aromatic rings. The van der Waals surface area contributed by atoms with Gasteiger partial charge in [-0.1, -0.05) is 50.6 Å². The van der Waals surface area contributed by atoms with E-state index in [2.05, 4.69) is 10.6 Å². The molecule has 0 saturated heterocycles. The average molecular weight is 431 g/mol. The van der Waals surface area contributed by atoms with E-state index in [0.717, 1.165) is 28.1 Å². The Bertz CT molecular complexity index is 906. The second kappa shape index (κ2) is 9.49. The third-order valence-electron chi connectivity index (χ3n) is 5.33. The van der Waals surface area contributed by atoms with Crippen LogP contribution in [-0.2, 0) is 17.8 Å². The highest BCUT2D eigenvalue weighted by Crippen LogP contribution is 2.28. The molecule has 0 radical (unpaired) electrons. The summed E-state index contributed by atoms with van der Waals surface area (Å²) in [6.45, 7) is 9.02. The van der Waals surface area contributed by atoms with Gasteiger partial charge >= 0.3 is 6.03 Å². The molecule has 0 bridgehead atoms. The lowest BCUT2D eigenvalue weighted by molar-refractivity contribution is -0.135. The minimum atomic E-state index is -0.536. The zero-order chi connectivity index (χ0) is 21.2. The third-order valence-corrected chi connectivity index (χ3v) is 5.33. The Morgan fingerprint density at radius 1 is 1.07 bits per heavy atom. The highest BCUT2D eigenvalue weighted by molar-refractivity contribution is 6.00. The van der Waals surface area contributed by atoms with Crippen molar-refractivity contribution >= 4 is 35.7 Å². The van der Waals surface area contributed by atoms with Gasteiger partial charge in [0.25, 0.3) is 0 Å². The van der Waals surface area contributed by atoms with Crippen LogP contribution < -0.4 is 16.4 Å². The molecule has 0 saturated carbocycles. The van der Waals surface area contributed by atoms with Gasteiger partial charge in [0.05, 0.1) is 6.04 Å². The average Bonchev–Trinajstić information content (AvgIpc) is 2.67. The van der Waals surface area contributed by atoms with Crippen LogP contribution in [0, 0.1) is 12.3 Å². The molecule has 1 heterocycles. The molecule has 4 N–H and O–H groups in total. The number of nitrogens with two attached hydrogens (primary N) is 1. The summed E-state index contributed by atoms with van der Waals surface area (Å²) >= 11 is 0. The van der Waals surface area contributed by atoms with Crippen molar-refractivity contribution in [2.45, 2.75) is 46.7 Å². The topological polar surface area (TPSA) is 87.5 Å². The summed E-state index contributed by atoms with van der Waals surface area (Å²) in [7, 11) is 0. The number of carbonyl (C=O) groups is 2. The van der Waals surface area contributed by atoms with Crippen LogP contribution in [0.25, 0.3) is 0 Å². The summed E-state index contributed by atoms with van der Waals surface area (Å²) in [5.74, 6) is -0.0290.